The number of nitrogens with one attached hydrogen (secondary N) is 1. The summed E-state index contributed by atoms with van der Waals surface area (Å²) in [6.07, 6.45) is 0.175. The molecule has 2 rings (SSSR count). The maximum atomic E-state index is 12.4. The Balaban J connectivity index is 1.74. The number of hydrogen-bond acceptors (Lipinski definition) is 3. The zero-order valence-electron chi connectivity index (χ0n) is 15.5. The normalized spacial score (nSPS) is 11.8. The second-order valence-corrected chi connectivity index (χ2v) is 7.80. The fourth-order valence-electron chi connectivity index (χ4n) is 2.44. The molecule has 0 heterocycles. The van der Waals surface area contributed by atoms with Gasteiger partial charge in [-0.3, -0.25) is 4.79 Å². The summed E-state index contributed by atoms with van der Waals surface area (Å²) in [4.78, 5) is 12.4. The highest BCUT2D eigenvalue weighted by Crippen LogP contribution is 2.21. The lowest BCUT2D eigenvalue weighted by Crippen LogP contribution is -2.39. The molecule has 0 saturated carbocycles. The number of aryl methyl sites for hydroxylation is 2. The summed E-state index contributed by atoms with van der Waals surface area (Å²) in [7, 11) is 0. The van der Waals surface area contributed by atoms with Crippen LogP contribution in [0, 0.1) is 13.8 Å². The van der Waals surface area contributed by atoms with E-state index in [9.17, 15) is 4.79 Å². The van der Waals surface area contributed by atoms with Crippen molar-refractivity contribution in [3.63, 3.8) is 0 Å². The fraction of sp³-hybridized carbons (Fsp3) is 0.381. The molecule has 0 fully saturated rings. The van der Waals surface area contributed by atoms with Crippen molar-refractivity contribution in [2.45, 2.75) is 39.0 Å². The number of carbonyl (C=O) groups excluding carboxylic acids is 1. The summed E-state index contributed by atoms with van der Waals surface area (Å²) in [5.41, 5.74) is 3.40. The first-order valence-corrected chi connectivity index (χ1v) is 10.4. The van der Waals surface area contributed by atoms with Crippen LogP contribution in [-0.4, -0.2) is 24.3 Å². The molecule has 0 aliphatic rings. The van der Waals surface area contributed by atoms with E-state index in [0.717, 1.165) is 33.4 Å². The summed E-state index contributed by atoms with van der Waals surface area (Å²) in [5, 5.41) is 3.73. The third-order valence-corrected chi connectivity index (χ3v) is 5.29. The van der Waals surface area contributed by atoms with Gasteiger partial charge in [0.15, 0.2) is 6.10 Å². The standard InChI is InChI=1S/C21H26ClNO2S/c1-4-19(25-20-13-15(2)5-6-16(20)3)21(24)23-11-12-26-14-17-7-9-18(22)10-8-17/h5-10,13,19H,4,11-12,14H2,1-3H3,(H,23,24)/t19-/m0/s1. The minimum absolute atomic E-state index is 0.0551. The summed E-state index contributed by atoms with van der Waals surface area (Å²) in [5.74, 6) is 2.49. The molecule has 2 aromatic rings. The molecule has 0 unspecified atom stereocenters. The van der Waals surface area contributed by atoms with Crippen LogP contribution in [0.2, 0.25) is 5.02 Å². The molecule has 26 heavy (non-hydrogen) atoms. The molecule has 5 heteroatoms. The zero-order valence-corrected chi connectivity index (χ0v) is 17.1. The maximum absolute atomic E-state index is 12.4. The van der Waals surface area contributed by atoms with E-state index in [0.29, 0.717) is 13.0 Å². The van der Waals surface area contributed by atoms with Gasteiger partial charge in [-0.2, -0.15) is 11.8 Å². The molecule has 0 radical (unpaired) electrons. The van der Waals surface area contributed by atoms with Gasteiger partial charge >= 0.3 is 0 Å². The topological polar surface area (TPSA) is 38.3 Å². The van der Waals surface area contributed by atoms with Gasteiger partial charge in [-0.25, -0.2) is 0 Å². The molecular formula is C21H26ClNO2S. The van der Waals surface area contributed by atoms with Crippen LogP contribution in [0.1, 0.15) is 30.0 Å². The smallest absolute Gasteiger partial charge is 0.261 e. The van der Waals surface area contributed by atoms with E-state index < -0.39 is 6.10 Å². The maximum Gasteiger partial charge on any atom is 0.261 e. The summed E-state index contributed by atoms with van der Waals surface area (Å²) in [6, 6.07) is 13.9. The second kappa shape index (κ2) is 10.5. The lowest BCUT2D eigenvalue weighted by atomic mass is 10.1. The minimum atomic E-state index is -0.461. The Labute approximate surface area is 165 Å². The van der Waals surface area contributed by atoms with E-state index >= 15 is 0 Å². The van der Waals surface area contributed by atoms with Gasteiger partial charge in [-0.05, 0) is 55.2 Å². The monoisotopic (exact) mass is 391 g/mol. The molecule has 1 atom stereocenters. The highest BCUT2D eigenvalue weighted by molar-refractivity contribution is 7.98. The summed E-state index contributed by atoms with van der Waals surface area (Å²) in [6.45, 7) is 6.60. The molecular weight excluding hydrogens is 366 g/mol. The molecule has 1 amide bonds. The van der Waals surface area contributed by atoms with Crippen molar-refractivity contribution in [3.8, 4) is 5.75 Å². The van der Waals surface area contributed by atoms with Gasteiger partial charge < -0.3 is 10.1 Å². The molecule has 0 saturated heterocycles. The number of benzene rings is 2. The third-order valence-electron chi connectivity index (χ3n) is 4.00. The van der Waals surface area contributed by atoms with Crippen molar-refractivity contribution in [1.29, 1.82) is 0 Å². The highest BCUT2D eigenvalue weighted by atomic mass is 35.5. The van der Waals surface area contributed by atoms with Crippen molar-refractivity contribution in [2.24, 2.45) is 0 Å². The van der Waals surface area contributed by atoms with Crippen LogP contribution in [0.5, 0.6) is 5.75 Å². The molecule has 0 spiro atoms. The van der Waals surface area contributed by atoms with Crippen molar-refractivity contribution in [3.05, 3.63) is 64.2 Å². The SMILES string of the molecule is CC[C@H](Oc1cc(C)ccc1C)C(=O)NCCSCc1ccc(Cl)cc1. The van der Waals surface area contributed by atoms with Crippen LogP contribution < -0.4 is 10.1 Å². The van der Waals surface area contributed by atoms with Crippen LogP contribution in [0.25, 0.3) is 0 Å². The quantitative estimate of drug-likeness (QED) is 0.599. The van der Waals surface area contributed by atoms with Crippen LogP contribution in [0.4, 0.5) is 0 Å². The molecule has 140 valence electrons. The molecule has 1 N–H and O–H groups in total. The van der Waals surface area contributed by atoms with Crippen molar-refractivity contribution in [2.75, 3.05) is 12.3 Å². The predicted octanol–water partition coefficient (Wildman–Crippen LogP) is 5.16. The van der Waals surface area contributed by atoms with Crippen molar-refractivity contribution < 1.29 is 9.53 Å². The number of amides is 1. The van der Waals surface area contributed by atoms with E-state index in [-0.39, 0.29) is 5.91 Å². The van der Waals surface area contributed by atoms with Gasteiger partial charge in [-0.1, -0.05) is 42.8 Å². The number of carbonyl (C=O) groups is 1. The molecule has 0 aliphatic heterocycles. The third kappa shape index (κ3) is 6.58. The number of rotatable bonds is 9. The first-order valence-electron chi connectivity index (χ1n) is 8.83. The lowest BCUT2D eigenvalue weighted by molar-refractivity contribution is -0.128. The molecule has 0 bridgehead atoms. The largest absolute Gasteiger partial charge is 0.480 e. The van der Waals surface area contributed by atoms with E-state index in [4.69, 9.17) is 16.3 Å². The number of thioether (sulfide) groups is 1. The molecule has 2 aromatic carbocycles. The van der Waals surface area contributed by atoms with Crippen molar-refractivity contribution in [1.82, 2.24) is 5.32 Å². The predicted molar refractivity (Wildman–Crippen MR) is 111 cm³/mol. The first kappa shape index (κ1) is 20.7. The summed E-state index contributed by atoms with van der Waals surface area (Å²) >= 11 is 7.67. The van der Waals surface area contributed by atoms with Gasteiger partial charge in [0.2, 0.25) is 0 Å². The van der Waals surface area contributed by atoms with Gasteiger partial charge in [0.05, 0.1) is 0 Å². The Morgan fingerprint density at radius 1 is 1.19 bits per heavy atom. The Bertz CT molecular complexity index is 718. The van der Waals surface area contributed by atoms with Gasteiger partial charge in [0.25, 0.3) is 5.91 Å². The first-order chi connectivity index (χ1) is 12.5. The molecule has 3 nitrogen and oxygen atoms in total. The number of hydrogen-bond donors (Lipinski definition) is 1. The van der Waals surface area contributed by atoms with Gasteiger partial charge in [0.1, 0.15) is 5.75 Å². The average Bonchev–Trinajstić information content (AvgIpc) is 2.63. The number of ether oxygens (including phenoxy) is 1. The van der Waals surface area contributed by atoms with Gasteiger partial charge in [-0.15, -0.1) is 0 Å². The fourth-order valence-corrected chi connectivity index (χ4v) is 3.39. The van der Waals surface area contributed by atoms with E-state index in [1.165, 1.54) is 5.56 Å². The lowest BCUT2D eigenvalue weighted by Gasteiger charge is -2.19. The Morgan fingerprint density at radius 3 is 2.62 bits per heavy atom. The minimum Gasteiger partial charge on any atom is -0.480 e. The Kier molecular flexibility index (Phi) is 8.33. The molecule has 0 aliphatic carbocycles. The zero-order chi connectivity index (χ0) is 18.9. The second-order valence-electron chi connectivity index (χ2n) is 6.25. The van der Waals surface area contributed by atoms with Crippen LogP contribution >= 0.6 is 23.4 Å². The van der Waals surface area contributed by atoms with Crippen molar-refractivity contribution >= 4 is 29.3 Å². The van der Waals surface area contributed by atoms with Crippen LogP contribution in [-0.2, 0) is 10.5 Å². The van der Waals surface area contributed by atoms with Crippen LogP contribution in [0.15, 0.2) is 42.5 Å². The van der Waals surface area contributed by atoms with E-state index in [2.05, 4.69) is 5.32 Å². The van der Waals surface area contributed by atoms with Gasteiger partial charge in [0, 0.05) is 23.1 Å². The number of halogens is 1. The average molecular weight is 392 g/mol. The van der Waals surface area contributed by atoms with Crippen LogP contribution in [0.3, 0.4) is 0 Å². The Morgan fingerprint density at radius 2 is 1.92 bits per heavy atom. The highest BCUT2D eigenvalue weighted by Gasteiger charge is 2.18. The molecule has 0 aromatic heterocycles. The summed E-state index contributed by atoms with van der Waals surface area (Å²) < 4.78 is 5.94. The Hall–Kier alpha value is -1.65. The van der Waals surface area contributed by atoms with E-state index in [1.54, 1.807) is 11.8 Å². The van der Waals surface area contributed by atoms with E-state index in [1.807, 2.05) is 63.2 Å².